The third-order valence-electron chi connectivity index (χ3n) is 3.67. The second-order valence-electron chi connectivity index (χ2n) is 5.56. The van der Waals surface area contributed by atoms with E-state index in [1.807, 2.05) is 37.2 Å². The minimum Gasteiger partial charge on any atom is -0.488 e. The fourth-order valence-electron chi connectivity index (χ4n) is 2.48. The average molecular weight is 297 g/mol. The van der Waals surface area contributed by atoms with Gasteiger partial charge in [0.2, 0.25) is 0 Å². The number of nitrogens with one attached hydrogen (secondary N) is 1. The Morgan fingerprint density at radius 2 is 2.18 bits per heavy atom. The molecule has 0 spiro atoms. The van der Waals surface area contributed by atoms with Crippen molar-refractivity contribution < 1.29 is 9.53 Å². The van der Waals surface area contributed by atoms with Crippen LogP contribution in [0.25, 0.3) is 0 Å². The van der Waals surface area contributed by atoms with Crippen molar-refractivity contribution in [3.8, 4) is 5.75 Å². The van der Waals surface area contributed by atoms with Crippen molar-refractivity contribution in [3.63, 3.8) is 0 Å². The molecule has 1 aromatic carbocycles. The van der Waals surface area contributed by atoms with E-state index in [-0.39, 0.29) is 12.0 Å². The topological polar surface area (TPSA) is 54.5 Å². The molecule has 1 aromatic heterocycles. The predicted octanol–water partition coefficient (Wildman–Crippen LogP) is 1.88. The van der Waals surface area contributed by atoms with Crippen LogP contribution in [-0.2, 0) is 6.42 Å². The smallest absolute Gasteiger partial charge is 0.251 e. The van der Waals surface area contributed by atoms with Crippen LogP contribution in [0.5, 0.6) is 5.75 Å². The number of para-hydroxylation sites is 1. The Morgan fingerprint density at radius 1 is 1.36 bits per heavy atom. The van der Waals surface area contributed by atoms with Gasteiger partial charge >= 0.3 is 0 Å². The molecule has 5 heteroatoms. The van der Waals surface area contributed by atoms with Gasteiger partial charge in [-0.3, -0.25) is 4.79 Å². The third kappa shape index (κ3) is 3.03. The molecule has 0 bridgehead atoms. The molecule has 1 aliphatic rings. The normalized spacial score (nSPS) is 15.8. The highest BCUT2D eigenvalue weighted by Crippen LogP contribution is 2.27. The zero-order valence-corrected chi connectivity index (χ0v) is 12.7. The highest BCUT2D eigenvalue weighted by Gasteiger charge is 2.22. The summed E-state index contributed by atoms with van der Waals surface area (Å²) in [6, 6.07) is 11.5. The molecule has 0 saturated heterocycles. The van der Waals surface area contributed by atoms with E-state index in [2.05, 4.69) is 16.4 Å². The number of carbonyl (C=O) groups is 1. The molecule has 1 atom stereocenters. The van der Waals surface area contributed by atoms with Crippen molar-refractivity contribution in [1.29, 1.82) is 0 Å². The number of hydrogen-bond donors (Lipinski definition) is 1. The van der Waals surface area contributed by atoms with E-state index in [0.29, 0.717) is 12.1 Å². The zero-order chi connectivity index (χ0) is 15.5. The molecule has 114 valence electrons. The van der Waals surface area contributed by atoms with E-state index in [0.717, 1.165) is 18.0 Å². The fraction of sp³-hybridized carbons (Fsp3) is 0.294. The third-order valence-corrected chi connectivity index (χ3v) is 3.67. The number of hydrogen-bond acceptors (Lipinski definition) is 4. The van der Waals surface area contributed by atoms with Gasteiger partial charge in [-0.25, -0.2) is 4.98 Å². The van der Waals surface area contributed by atoms with Gasteiger partial charge in [0.05, 0.1) is 6.54 Å². The maximum atomic E-state index is 12.2. The Labute approximate surface area is 129 Å². The first-order valence-corrected chi connectivity index (χ1v) is 7.29. The van der Waals surface area contributed by atoms with E-state index >= 15 is 0 Å². The SMILES string of the molecule is CN(C)c1cc(C(=O)NCC2Cc3ccccc3O2)ccn1. The number of aromatic nitrogens is 1. The van der Waals surface area contributed by atoms with Crippen molar-refractivity contribution in [1.82, 2.24) is 10.3 Å². The van der Waals surface area contributed by atoms with Crippen LogP contribution in [0, 0.1) is 0 Å². The lowest BCUT2D eigenvalue weighted by Crippen LogP contribution is -2.34. The van der Waals surface area contributed by atoms with Crippen molar-refractivity contribution in [3.05, 3.63) is 53.7 Å². The minimum atomic E-state index is -0.106. The first-order valence-electron chi connectivity index (χ1n) is 7.29. The maximum absolute atomic E-state index is 12.2. The van der Waals surface area contributed by atoms with Gasteiger partial charge in [0, 0.05) is 32.3 Å². The summed E-state index contributed by atoms with van der Waals surface area (Å²) in [6.07, 6.45) is 2.47. The van der Waals surface area contributed by atoms with Crippen molar-refractivity contribution in [2.45, 2.75) is 12.5 Å². The summed E-state index contributed by atoms with van der Waals surface area (Å²) in [5, 5.41) is 2.93. The summed E-state index contributed by atoms with van der Waals surface area (Å²) in [7, 11) is 3.79. The van der Waals surface area contributed by atoms with Crippen LogP contribution < -0.4 is 15.0 Å². The quantitative estimate of drug-likeness (QED) is 0.936. The summed E-state index contributed by atoms with van der Waals surface area (Å²) >= 11 is 0. The Bertz CT molecular complexity index is 660. The highest BCUT2D eigenvalue weighted by molar-refractivity contribution is 5.94. The highest BCUT2D eigenvalue weighted by atomic mass is 16.5. The van der Waals surface area contributed by atoms with Crippen LogP contribution in [0.3, 0.4) is 0 Å². The van der Waals surface area contributed by atoms with Gasteiger partial charge in [-0.1, -0.05) is 18.2 Å². The van der Waals surface area contributed by atoms with Gasteiger partial charge in [0.25, 0.3) is 5.91 Å². The lowest BCUT2D eigenvalue weighted by atomic mass is 10.1. The van der Waals surface area contributed by atoms with E-state index < -0.39 is 0 Å². The van der Waals surface area contributed by atoms with Gasteiger partial charge in [-0.05, 0) is 23.8 Å². The summed E-state index contributed by atoms with van der Waals surface area (Å²) in [4.78, 5) is 18.3. The summed E-state index contributed by atoms with van der Waals surface area (Å²) in [6.45, 7) is 0.493. The standard InChI is InChI=1S/C17H19N3O2/c1-20(2)16-10-13(7-8-18-16)17(21)19-11-14-9-12-5-3-4-6-15(12)22-14/h3-8,10,14H,9,11H2,1-2H3,(H,19,21). The van der Waals surface area contributed by atoms with Crippen LogP contribution in [-0.4, -0.2) is 37.6 Å². The number of amides is 1. The average Bonchev–Trinajstić information content (AvgIpc) is 2.95. The van der Waals surface area contributed by atoms with Gasteiger partial charge in [-0.2, -0.15) is 0 Å². The van der Waals surface area contributed by atoms with Crippen LogP contribution in [0.2, 0.25) is 0 Å². The predicted molar refractivity (Wildman–Crippen MR) is 85.5 cm³/mol. The summed E-state index contributed by atoms with van der Waals surface area (Å²) in [5.41, 5.74) is 1.80. The van der Waals surface area contributed by atoms with Gasteiger partial charge in [0.1, 0.15) is 17.7 Å². The molecule has 5 nitrogen and oxygen atoms in total. The van der Waals surface area contributed by atoms with E-state index in [9.17, 15) is 4.79 Å². The van der Waals surface area contributed by atoms with Crippen LogP contribution in [0.15, 0.2) is 42.6 Å². The Balaban J connectivity index is 1.59. The largest absolute Gasteiger partial charge is 0.488 e. The van der Waals surface area contributed by atoms with Crippen molar-refractivity contribution in [2.75, 3.05) is 25.5 Å². The lowest BCUT2D eigenvalue weighted by Gasteiger charge is -2.14. The molecule has 2 aromatic rings. The molecule has 1 amide bonds. The molecule has 2 heterocycles. The zero-order valence-electron chi connectivity index (χ0n) is 12.7. The second kappa shape index (κ2) is 6.05. The lowest BCUT2D eigenvalue weighted by molar-refractivity contribution is 0.0933. The van der Waals surface area contributed by atoms with E-state index in [1.165, 1.54) is 5.56 Å². The van der Waals surface area contributed by atoms with E-state index in [4.69, 9.17) is 4.74 Å². The van der Waals surface area contributed by atoms with Crippen LogP contribution >= 0.6 is 0 Å². The number of benzene rings is 1. The number of ether oxygens (including phenoxy) is 1. The molecule has 0 aliphatic carbocycles. The number of carbonyl (C=O) groups excluding carboxylic acids is 1. The fourth-order valence-corrected chi connectivity index (χ4v) is 2.48. The first kappa shape index (κ1) is 14.4. The second-order valence-corrected chi connectivity index (χ2v) is 5.56. The van der Waals surface area contributed by atoms with Crippen molar-refractivity contribution >= 4 is 11.7 Å². The maximum Gasteiger partial charge on any atom is 0.251 e. The molecule has 1 aliphatic heterocycles. The Hall–Kier alpha value is -2.56. The molecule has 0 fully saturated rings. The molecular formula is C17H19N3O2. The van der Waals surface area contributed by atoms with Crippen molar-refractivity contribution in [2.24, 2.45) is 0 Å². The number of anilines is 1. The van der Waals surface area contributed by atoms with Gasteiger partial charge in [-0.15, -0.1) is 0 Å². The van der Waals surface area contributed by atoms with Crippen LogP contribution in [0.4, 0.5) is 5.82 Å². The summed E-state index contributed by atoms with van der Waals surface area (Å²) in [5.74, 6) is 1.57. The van der Waals surface area contributed by atoms with Gasteiger partial charge in [0.15, 0.2) is 0 Å². The minimum absolute atomic E-state index is 0.00323. The number of fused-ring (bicyclic) bond motifs is 1. The van der Waals surface area contributed by atoms with Gasteiger partial charge < -0.3 is 15.0 Å². The molecule has 1 unspecified atom stereocenters. The molecular weight excluding hydrogens is 278 g/mol. The number of pyridine rings is 1. The number of rotatable bonds is 4. The molecule has 0 saturated carbocycles. The van der Waals surface area contributed by atoms with E-state index in [1.54, 1.807) is 18.3 Å². The monoisotopic (exact) mass is 297 g/mol. The number of nitrogens with zero attached hydrogens (tertiary/aromatic N) is 2. The Morgan fingerprint density at radius 3 is 2.95 bits per heavy atom. The van der Waals surface area contributed by atoms with Crippen LogP contribution in [0.1, 0.15) is 15.9 Å². The molecule has 3 rings (SSSR count). The molecule has 22 heavy (non-hydrogen) atoms. The summed E-state index contributed by atoms with van der Waals surface area (Å²) < 4.78 is 5.82. The Kier molecular flexibility index (Phi) is 3.96. The first-order chi connectivity index (χ1) is 10.6. The molecule has 0 radical (unpaired) electrons. The molecule has 1 N–H and O–H groups in total.